The van der Waals surface area contributed by atoms with Gasteiger partial charge in [-0.05, 0) is 37.6 Å². The van der Waals surface area contributed by atoms with E-state index in [9.17, 15) is 0 Å². The highest BCUT2D eigenvalue weighted by atomic mass is 127. The molecular formula is C23H35IN6O. The molecule has 1 aliphatic heterocycles. The molecule has 3 rings (SSSR count). The topological polar surface area (TPSA) is 65.0 Å². The van der Waals surface area contributed by atoms with Gasteiger partial charge in [0.15, 0.2) is 5.96 Å². The maximum Gasteiger partial charge on any atom is 0.191 e. The van der Waals surface area contributed by atoms with Crippen molar-refractivity contribution in [2.24, 2.45) is 4.99 Å². The maximum atomic E-state index is 5.47. The molecule has 170 valence electrons. The molecule has 0 radical (unpaired) electrons. The Labute approximate surface area is 203 Å². The number of guanidine groups is 1. The van der Waals surface area contributed by atoms with Crippen LogP contribution in [0.4, 0.5) is 11.5 Å². The van der Waals surface area contributed by atoms with Crippen molar-refractivity contribution >= 4 is 41.4 Å². The third kappa shape index (κ3) is 7.53. The summed E-state index contributed by atoms with van der Waals surface area (Å²) in [5.74, 6) is 1.83. The van der Waals surface area contributed by atoms with Gasteiger partial charge in [-0.2, -0.15) is 0 Å². The third-order valence-electron chi connectivity index (χ3n) is 5.27. The number of rotatable bonds is 8. The van der Waals surface area contributed by atoms with Crippen LogP contribution in [0.15, 0.2) is 47.6 Å². The second-order valence-electron chi connectivity index (χ2n) is 7.36. The Morgan fingerprint density at radius 1 is 1.19 bits per heavy atom. The van der Waals surface area contributed by atoms with Crippen LogP contribution in [0.2, 0.25) is 0 Å². The first-order valence-corrected chi connectivity index (χ1v) is 10.7. The molecule has 0 bridgehead atoms. The zero-order valence-electron chi connectivity index (χ0n) is 18.8. The number of morpholine rings is 1. The first kappa shape index (κ1) is 25.2. The molecule has 1 aromatic carbocycles. The smallest absolute Gasteiger partial charge is 0.191 e. The van der Waals surface area contributed by atoms with E-state index >= 15 is 0 Å². The van der Waals surface area contributed by atoms with Gasteiger partial charge in [-0.25, -0.2) is 4.98 Å². The molecule has 0 unspecified atom stereocenters. The van der Waals surface area contributed by atoms with Crippen molar-refractivity contribution in [1.82, 2.24) is 15.6 Å². The predicted octanol–water partition coefficient (Wildman–Crippen LogP) is 3.04. The predicted molar refractivity (Wildman–Crippen MR) is 140 cm³/mol. The van der Waals surface area contributed by atoms with E-state index in [0.717, 1.165) is 63.3 Å². The highest BCUT2D eigenvalue weighted by Gasteiger charge is 2.16. The third-order valence-corrected chi connectivity index (χ3v) is 5.27. The molecule has 0 aliphatic carbocycles. The summed E-state index contributed by atoms with van der Waals surface area (Å²) in [4.78, 5) is 13.6. The highest BCUT2D eigenvalue weighted by molar-refractivity contribution is 14.0. The van der Waals surface area contributed by atoms with Gasteiger partial charge in [0, 0.05) is 63.8 Å². The van der Waals surface area contributed by atoms with Crippen molar-refractivity contribution in [2.75, 3.05) is 62.8 Å². The molecule has 1 saturated heterocycles. The zero-order valence-corrected chi connectivity index (χ0v) is 21.1. The number of likely N-dealkylation sites (N-methyl/N-ethyl adjacent to an activating group) is 1. The lowest BCUT2D eigenvalue weighted by molar-refractivity contribution is 0.122. The summed E-state index contributed by atoms with van der Waals surface area (Å²) < 4.78 is 5.47. The van der Waals surface area contributed by atoms with Crippen molar-refractivity contribution in [3.63, 3.8) is 0 Å². The lowest BCUT2D eigenvalue weighted by Gasteiger charge is -2.29. The molecule has 1 fully saturated rings. The van der Waals surface area contributed by atoms with Crippen LogP contribution in [0, 0.1) is 6.92 Å². The molecule has 2 heterocycles. The maximum absolute atomic E-state index is 5.47. The molecule has 2 N–H and O–H groups in total. The van der Waals surface area contributed by atoms with Crippen LogP contribution in [0.25, 0.3) is 0 Å². The number of aromatic nitrogens is 1. The van der Waals surface area contributed by atoms with Gasteiger partial charge in [-0.1, -0.05) is 18.2 Å². The Morgan fingerprint density at radius 3 is 2.71 bits per heavy atom. The van der Waals surface area contributed by atoms with Crippen molar-refractivity contribution in [2.45, 2.75) is 20.4 Å². The number of nitrogens with zero attached hydrogens (tertiary/aromatic N) is 4. The summed E-state index contributed by atoms with van der Waals surface area (Å²) >= 11 is 0. The number of aryl methyl sites for hydroxylation is 1. The number of hydrogen-bond donors (Lipinski definition) is 2. The minimum absolute atomic E-state index is 0. The van der Waals surface area contributed by atoms with Gasteiger partial charge in [-0.3, -0.25) is 4.99 Å². The number of halogens is 1. The molecule has 0 amide bonds. The van der Waals surface area contributed by atoms with Gasteiger partial charge in [-0.15, -0.1) is 24.0 Å². The van der Waals surface area contributed by atoms with E-state index in [1.807, 2.05) is 12.3 Å². The standard InChI is InChI=1S/C23H34N6O.HI/c1-4-28(21-9-5-7-19(2)17-21)12-11-26-23(24-3)27-18-20-8-6-10-25-22(20)29-13-15-30-16-14-29;/h5-10,17H,4,11-16,18H2,1-3H3,(H2,24,26,27);1H. The van der Waals surface area contributed by atoms with Gasteiger partial charge in [0.2, 0.25) is 0 Å². The average molecular weight is 538 g/mol. The number of hydrogen-bond acceptors (Lipinski definition) is 5. The molecule has 1 aromatic heterocycles. The monoisotopic (exact) mass is 538 g/mol. The lowest BCUT2D eigenvalue weighted by atomic mass is 10.2. The average Bonchev–Trinajstić information content (AvgIpc) is 2.79. The van der Waals surface area contributed by atoms with Crippen LogP contribution in [0.3, 0.4) is 0 Å². The Bertz CT molecular complexity index is 825. The number of nitrogens with one attached hydrogen (secondary N) is 2. The molecule has 7 nitrogen and oxygen atoms in total. The molecule has 2 aromatic rings. The molecular weight excluding hydrogens is 503 g/mol. The fourth-order valence-electron chi connectivity index (χ4n) is 3.63. The molecule has 0 spiro atoms. The van der Waals surface area contributed by atoms with Gasteiger partial charge < -0.3 is 25.2 Å². The molecule has 1 aliphatic rings. The second-order valence-corrected chi connectivity index (χ2v) is 7.36. The minimum Gasteiger partial charge on any atom is -0.378 e. The van der Waals surface area contributed by atoms with Crippen LogP contribution >= 0.6 is 24.0 Å². The van der Waals surface area contributed by atoms with Crippen molar-refractivity contribution in [3.05, 3.63) is 53.7 Å². The van der Waals surface area contributed by atoms with Crippen LogP contribution in [-0.2, 0) is 11.3 Å². The summed E-state index contributed by atoms with van der Waals surface area (Å²) in [6.07, 6.45) is 1.85. The van der Waals surface area contributed by atoms with Gasteiger partial charge in [0.1, 0.15) is 5.82 Å². The van der Waals surface area contributed by atoms with E-state index in [1.54, 1.807) is 7.05 Å². The zero-order chi connectivity index (χ0) is 21.2. The fraction of sp³-hybridized carbons (Fsp3) is 0.478. The number of pyridine rings is 1. The molecule has 0 saturated carbocycles. The first-order valence-electron chi connectivity index (χ1n) is 10.7. The fourth-order valence-corrected chi connectivity index (χ4v) is 3.63. The van der Waals surface area contributed by atoms with Crippen LogP contribution in [-0.4, -0.2) is 63.9 Å². The van der Waals surface area contributed by atoms with Crippen LogP contribution in [0.5, 0.6) is 0 Å². The van der Waals surface area contributed by atoms with Gasteiger partial charge >= 0.3 is 0 Å². The van der Waals surface area contributed by atoms with E-state index < -0.39 is 0 Å². The second kappa shape index (κ2) is 13.4. The van der Waals surface area contributed by atoms with Crippen molar-refractivity contribution < 1.29 is 4.74 Å². The Morgan fingerprint density at radius 2 is 2.00 bits per heavy atom. The van der Waals surface area contributed by atoms with E-state index in [1.165, 1.54) is 11.3 Å². The largest absolute Gasteiger partial charge is 0.378 e. The minimum atomic E-state index is 0. The summed E-state index contributed by atoms with van der Waals surface area (Å²) in [6.45, 7) is 10.9. The molecule has 8 heteroatoms. The van der Waals surface area contributed by atoms with Crippen LogP contribution in [0.1, 0.15) is 18.1 Å². The molecule has 0 atom stereocenters. The SMILES string of the molecule is CCN(CCNC(=NC)NCc1cccnc1N1CCOCC1)c1cccc(C)c1.I. The van der Waals surface area contributed by atoms with Gasteiger partial charge in [0.25, 0.3) is 0 Å². The summed E-state index contributed by atoms with van der Waals surface area (Å²) in [5.41, 5.74) is 3.70. The highest BCUT2D eigenvalue weighted by Crippen LogP contribution is 2.18. The Kier molecular flexibility index (Phi) is 10.9. The summed E-state index contributed by atoms with van der Waals surface area (Å²) in [5, 5.41) is 6.86. The van der Waals surface area contributed by atoms with Crippen LogP contribution < -0.4 is 20.4 Å². The lowest BCUT2D eigenvalue weighted by Crippen LogP contribution is -2.42. The number of ether oxygens (including phenoxy) is 1. The number of aliphatic imine (C=N–C) groups is 1. The first-order chi connectivity index (χ1) is 14.7. The quantitative estimate of drug-likeness (QED) is 0.306. The normalized spacial score (nSPS) is 14.0. The number of anilines is 2. The van der Waals surface area contributed by atoms with Crippen molar-refractivity contribution in [3.8, 4) is 0 Å². The van der Waals surface area contributed by atoms with E-state index in [0.29, 0.717) is 6.54 Å². The van der Waals surface area contributed by atoms with E-state index in [-0.39, 0.29) is 24.0 Å². The Balaban J connectivity index is 0.00000341. The van der Waals surface area contributed by atoms with E-state index in [4.69, 9.17) is 4.74 Å². The molecule has 31 heavy (non-hydrogen) atoms. The summed E-state index contributed by atoms with van der Waals surface area (Å²) in [7, 11) is 1.81. The van der Waals surface area contributed by atoms with Gasteiger partial charge in [0.05, 0.1) is 13.2 Å². The van der Waals surface area contributed by atoms with E-state index in [2.05, 4.69) is 74.6 Å². The van der Waals surface area contributed by atoms with Crippen molar-refractivity contribution in [1.29, 1.82) is 0 Å². The number of benzene rings is 1. The Hall–Kier alpha value is -2.07. The summed E-state index contributed by atoms with van der Waals surface area (Å²) in [6, 6.07) is 12.7.